The molecule has 4 rings (SSSR count). The fourth-order valence-corrected chi connectivity index (χ4v) is 4.87. The van der Waals surface area contributed by atoms with E-state index in [1.165, 1.54) is 0 Å². The molecule has 1 saturated heterocycles. The maximum Gasteiger partial charge on any atom is 0.253 e. The van der Waals surface area contributed by atoms with Gasteiger partial charge in [0.2, 0.25) is 5.91 Å². The van der Waals surface area contributed by atoms with E-state index in [1.807, 2.05) is 91.9 Å². The topological polar surface area (TPSA) is 61.4 Å². The van der Waals surface area contributed by atoms with Crippen LogP contribution in [0.4, 0.5) is 5.69 Å². The van der Waals surface area contributed by atoms with Crippen LogP contribution in [0.15, 0.2) is 84.9 Å². The van der Waals surface area contributed by atoms with Crippen LogP contribution in [0.25, 0.3) is 0 Å². The second-order valence-corrected chi connectivity index (χ2v) is 9.26. The number of piperidine rings is 1. The summed E-state index contributed by atoms with van der Waals surface area (Å²) in [7, 11) is 0. The monoisotopic (exact) mass is 469 g/mol. The minimum atomic E-state index is -0.120. The van der Waals surface area contributed by atoms with E-state index >= 15 is 0 Å². The number of anilines is 1. The van der Waals surface area contributed by atoms with Crippen molar-refractivity contribution in [2.24, 2.45) is 0 Å². The van der Waals surface area contributed by atoms with E-state index in [2.05, 4.69) is 22.5 Å². The van der Waals surface area contributed by atoms with Gasteiger partial charge < -0.3 is 15.5 Å². The minimum Gasteiger partial charge on any atom is -0.371 e. The van der Waals surface area contributed by atoms with Gasteiger partial charge >= 0.3 is 0 Å². The van der Waals surface area contributed by atoms with Gasteiger partial charge in [-0.3, -0.25) is 9.59 Å². The number of carbonyl (C=O) groups is 2. The Balaban J connectivity index is 1.36. The fraction of sp³-hybridized carbons (Fsp3) is 0.333. The third kappa shape index (κ3) is 6.10. The lowest BCUT2D eigenvalue weighted by Gasteiger charge is -2.35. The van der Waals surface area contributed by atoms with Crippen molar-refractivity contribution in [2.45, 2.75) is 51.1 Å². The first-order valence-electron chi connectivity index (χ1n) is 12.6. The Bertz CT molecular complexity index is 1110. The van der Waals surface area contributed by atoms with Gasteiger partial charge in [-0.05, 0) is 49.4 Å². The second kappa shape index (κ2) is 11.7. The van der Waals surface area contributed by atoms with Crippen molar-refractivity contribution >= 4 is 17.5 Å². The van der Waals surface area contributed by atoms with E-state index in [0.29, 0.717) is 5.56 Å². The number of rotatable bonds is 8. The van der Waals surface area contributed by atoms with Crippen molar-refractivity contribution in [2.75, 3.05) is 18.0 Å². The lowest BCUT2D eigenvalue weighted by atomic mass is 9.94. The summed E-state index contributed by atoms with van der Waals surface area (Å²) in [5.41, 5.74) is 3.78. The van der Waals surface area contributed by atoms with E-state index < -0.39 is 0 Å². The molecule has 1 aliphatic rings. The van der Waals surface area contributed by atoms with E-state index in [9.17, 15) is 9.59 Å². The molecule has 0 aromatic heterocycles. The van der Waals surface area contributed by atoms with Crippen LogP contribution in [-0.4, -0.2) is 30.9 Å². The lowest BCUT2D eigenvalue weighted by molar-refractivity contribution is -0.123. The molecule has 1 heterocycles. The van der Waals surface area contributed by atoms with Crippen molar-refractivity contribution in [1.29, 1.82) is 0 Å². The first kappa shape index (κ1) is 24.5. The molecule has 3 aromatic carbocycles. The second-order valence-electron chi connectivity index (χ2n) is 9.26. The molecule has 0 radical (unpaired) electrons. The summed E-state index contributed by atoms with van der Waals surface area (Å²) in [6, 6.07) is 27.9. The molecule has 5 heteroatoms. The predicted octanol–water partition coefficient (Wildman–Crippen LogP) is 5.46. The molecule has 0 aliphatic carbocycles. The van der Waals surface area contributed by atoms with Crippen LogP contribution in [0.1, 0.15) is 66.6 Å². The zero-order valence-corrected chi connectivity index (χ0v) is 20.6. The van der Waals surface area contributed by atoms with Gasteiger partial charge in [0, 0.05) is 24.8 Å². The fourth-order valence-electron chi connectivity index (χ4n) is 4.87. The highest BCUT2D eigenvalue weighted by Crippen LogP contribution is 2.26. The Hall–Kier alpha value is -3.60. The quantitative estimate of drug-likeness (QED) is 0.461. The van der Waals surface area contributed by atoms with Crippen LogP contribution < -0.4 is 15.5 Å². The highest BCUT2D eigenvalue weighted by atomic mass is 16.2. The third-order valence-electron chi connectivity index (χ3n) is 6.90. The maximum absolute atomic E-state index is 13.1. The molecule has 1 fully saturated rings. The number of hydrogen-bond donors (Lipinski definition) is 2. The van der Waals surface area contributed by atoms with E-state index in [-0.39, 0.29) is 29.8 Å². The highest BCUT2D eigenvalue weighted by Gasteiger charge is 2.26. The van der Waals surface area contributed by atoms with Gasteiger partial charge in [-0.15, -0.1) is 0 Å². The van der Waals surface area contributed by atoms with Crippen molar-refractivity contribution < 1.29 is 9.59 Å². The number of amides is 2. The number of nitrogens with zero attached hydrogens (tertiary/aromatic N) is 1. The summed E-state index contributed by atoms with van der Waals surface area (Å²) < 4.78 is 0. The molecule has 3 aromatic rings. The largest absolute Gasteiger partial charge is 0.371 e. The van der Waals surface area contributed by atoms with Gasteiger partial charge in [0.1, 0.15) is 0 Å². The van der Waals surface area contributed by atoms with Crippen molar-refractivity contribution in [3.8, 4) is 0 Å². The zero-order valence-electron chi connectivity index (χ0n) is 20.6. The first-order valence-corrected chi connectivity index (χ1v) is 12.6. The molecule has 35 heavy (non-hydrogen) atoms. The maximum atomic E-state index is 13.1. The van der Waals surface area contributed by atoms with Crippen LogP contribution in [0.3, 0.4) is 0 Å². The van der Waals surface area contributed by atoms with Crippen molar-refractivity contribution in [3.63, 3.8) is 0 Å². The summed E-state index contributed by atoms with van der Waals surface area (Å²) >= 11 is 0. The smallest absolute Gasteiger partial charge is 0.253 e. The Labute approximate surface area is 208 Å². The van der Waals surface area contributed by atoms with E-state index in [1.54, 1.807) is 0 Å². The molecular formula is C30H35N3O2. The van der Waals surface area contributed by atoms with Crippen LogP contribution in [0, 0.1) is 0 Å². The molecule has 0 saturated carbocycles. The third-order valence-corrected chi connectivity index (χ3v) is 6.90. The van der Waals surface area contributed by atoms with E-state index in [0.717, 1.165) is 49.2 Å². The minimum absolute atomic E-state index is 0.0685. The predicted molar refractivity (Wildman–Crippen MR) is 142 cm³/mol. The molecule has 2 atom stereocenters. The molecule has 182 valence electrons. The average Bonchev–Trinajstić information content (AvgIpc) is 2.90. The number of para-hydroxylation sites is 1. The molecule has 5 nitrogen and oxygen atoms in total. The Morgan fingerprint density at radius 1 is 0.857 bits per heavy atom. The Kier molecular flexibility index (Phi) is 8.19. The van der Waals surface area contributed by atoms with Crippen LogP contribution in [-0.2, 0) is 4.79 Å². The van der Waals surface area contributed by atoms with Gasteiger partial charge in [0.15, 0.2) is 0 Å². The van der Waals surface area contributed by atoms with Gasteiger partial charge in [-0.25, -0.2) is 0 Å². The van der Waals surface area contributed by atoms with Crippen molar-refractivity contribution in [3.05, 3.63) is 102 Å². The zero-order chi connectivity index (χ0) is 24.6. The number of hydrogen-bond acceptors (Lipinski definition) is 3. The van der Waals surface area contributed by atoms with Gasteiger partial charge in [0.05, 0.1) is 17.5 Å². The number of nitrogens with one attached hydrogen (secondary N) is 2. The summed E-state index contributed by atoms with van der Waals surface area (Å²) in [6.45, 7) is 5.65. The average molecular weight is 470 g/mol. The summed E-state index contributed by atoms with van der Waals surface area (Å²) in [5, 5.41) is 6.42. The first-order chi connectivity index (χ1) is 17.1. The molecule has 0 spiro atoms. The van der Waals surface area contributed by atoms with E-state index in [4.69, 9.17) is 0 Å². The molecule has 0 unspecified atom stereocenters. The van der Waals surface area contributed by atoms with Crippen LogP contribution >= 0.6 is 0 Å². The van der Waals surface area contributed by atoms with Crippen molar-refractivity contribution in [1.82, 2.24) is 10.6 Å². The van der Waals surface area contributed by atoms with Crippen LogP contribution in [0.2, 0.25) is 0 Å². The molecule has 0 bridgehead atoms. The summed E-state index contributed by atoms with van der Waals surface area (Å²) in [6.07, 6.45) is 2.49. The Morgan fingerprint density at radius 3 is 2.06 bits per heavy atom. The standard InChI is InChI=1S/C30H35N3O2/c1-3-26(24-14-8-5-9-15-24)29(34)32-25-18-20-33(21-19-25)28-17-11-10-16-27(28)30(35)31-22(2)23-12-6-4-7-13-23/h4-17,22,25-26H,3,18-21H2,1-2H3,(H,31,35)(H,32,34)/t22-,26+/m0/s1. The molecule has 2 N–H and O–H groups in total. The normalized spacial score (nSPS) is 15.8. The lowest BCUT2D eigenvalue weighted by Crippen LogP contribution is -2.46. The summed E-state index contributed by atoms with van der Waals surface area (Å²) in [4.78, 5) is 28.4. The summed E-state index contributed by atoms with van der Waals surface area (Å²) in [5.74, 6) is -0.0851. The number of benzene rings is 3. The molecule has 2 amide bonds. The molecule has 1 aliphatic heterocycles. The number of carbonyl (C=O) groups excluding carboxylic acids is 2. The SMILES string of the molecule is CC[C@@H](C(=O)NC1CCN(c2ccccc2C(=O)N[C@@H](C)c2ccccc2)CC1)c1ccccc1. The van der Waals surface area contributed by atoms with Gasteiger partial charge in [-0.2, -0.15) is 0 Å². The van der Waals surface area contributed by atoms with Gasteiger partial charge in [-0.1, -0.05) is 79.7 Å². The van der Waals surface area contributed by atoms with Crippen LogP contribution in [0.5, 0.6) is 0 Å². The highest BCUT2D eigenvalue weighted by molar-refractivity contribution is 6.00. The van der Waals surface area contributed by atoms with Gasteiger partial charge in [0.25, 0.3) is 5.91 Å². The molecular weight excluding hydrogens is 434 g/mol. The Morgan fingerprint density at radius 2 is 1.43 bits per heavy atom.